The minimum absolute atomic E-state index is 0.0203. The molecule has 1 atom stereocenters. The van der Waals surface area contributed by atoms with Crippen LogP contribution >= 0.6 is 0 Å². The normalized spacial score (nSPS) is 17.7. The van der Waals surface area contributed by atoms with E-state index in [1.165, 1.54) is 19.1 Å². The zero-order chi connectivity index (χ0) is 16.3. The minimum Gasteiger partial charge on any atom is -0.432 e. The summed E-state index contributed by atoms with van der Waals surface area (Å²) in [6.07, 6.45) is -0.259. The highest BCUT2D eigenvalue weighted by Gasteiger charge is 2.45. The molecule has 2 rings (SSSR count). The SMILES string of the molecule is CC(OC(N)=O)C(=O)[N+]1(c2ccc([N+](=O)[O-])cc2)CCCC1. The number of amides is 2. The van der Waals surface area contributed by atoms with Crippen molar-refractivity contribution in [1.29, 1.82) is 0 Å². The number of nitro groups is 1. The van der Waals surface area contributed by atoms with Crippen LogP contribution in [-0.4, -0.2) is 36.1 Å². The molecule has 0 saturated carbocycles. The predicted octanol–water partition coefficient (Wildman–Crippen LogP) is 1.71. The highest BCUT2D eigenvalue weighted by molar-refractivity contribution is 5.93. The number of nitro benzene ring substituents is 1. The molecule has 1 heterocycles. The molecule has 8 heteroatoms. The molecule has 2 N–H and O–H groups in total. The summed E-state index contributed by atoms with van der Waals surface area (Å²) in [5, 5.41) is 10.7. The first kappa shape index (κ1) is 15.9. The Morgan fingerprint density at radius 2 is 1.82 bits per heavy atom. The number of benzene rings is 1. The van der Waals surface area contributed by atoms with E-state index in [0.29, 0.717) is 18.8 Å². The quantitative estimate of drug-likeness (QED) is 0.517. The van der Waals surface area contributed by atoms with E-state index >= 15 is 0 Å². The number of ether oxygens (including phenoxy) is 1. The zero-order valence-corrected chi connectivity index (χ0v) is 12.2. The third-order valence-corrected chi connectivity index (χ3v) is 3.95. The van der Waals surface area contributed by atoms with Gasteiger partial charge in [-0.2, -0.15) is 0 Å². The Kier molecular flexibility index (Phi) is 4.41. The van der Waals surface area contributed by atoms with E-state index in [9.17, 15) is 19.7 Å². The number of nitrogens with zero attached hydrogens (tertiary/aromatic N) is 2. The van der Waals surface area contributed by atoms with Gasteiger partial charge in [-0.05, 0) is 6.92 Å². The number of primary amides is 1. The van der Waals surface area contributed by atoms with Crippen LogP contribution in [0.1, 0.15) is 19.8 Å². The lowest BCUT2D eigenvalue weighted by atomic mass is 10.2. The summed E-state index contributed by atoms with van der Waals surface area (Å²) >= 11 is 0. The lowest BCUT2D eigenvalue weighted by Gasteiger charge is -2.32. The highest BCUT2D eigenvalue weighted by Crippen LogP contribution is 2.32. The van der Waals surface area contributed by atoms with E-state index in [1.807, 2.05) is 0 Å². The number of nitrogens with two attached hydrogens (primary N) is 1. The van der Waals surface area contributed by atoms with Gasteiger partial charge >= 0.3 is 12.0 Å². The summed E-state index contributed by atoms with van der Waals surface area (Å²) in [6, 6.07) is 5.91. The molecule has 1 aliphatic rings. The van der Waals surface area contributed by atoms with Crippen LogP contribution < -0.4 is 10.2 Å². The number of non-ortho nitro benzene ring substituents is 1. The Labute approximate surface area is 127 Å². The maximum absolute atomic E-state index is 12.7. The van der Waals surface area contributed by atoms with Crippen LogP contribution in [0.15, 0.2) is 24.3 Å². The molecule has 118 valence electrons. The van der Waals surface area contributed by atoms with Gasteiger partial charge in [0.25, 0.3) is 5.69 Å². The van der Waals surface area contributed by atoms with Crippen LogP contribution in [0.4, 0.5) is 16.2 Å². The van der Waals surface area contributed by atoms with E-state index in [0.717, 1.165) is 12.8 Å². The molecule has 0 aliphatic carbocycles. The minimum atomic E-state index is -0.998. The molecule has 1 fully saturated rings. The number of hydrogen-bond acceptors (Lipinski definition) is 5. The van der Waals surface area contributed by atoms with Crippen molar-refractivity contribution in [3.05, 3.63) is 34.4 Å². The van der Waals surface area contributed by atoms with Crippen molar-refractivity contribution in [2.45, 2.75) is 25.9 Å². The molecule has 1 unspecified atom stereocenters. The number of quaternary nitrogens is 1. The van der Waals surface area contributed by atoms with Crippen LogP contribution in [0.2, 0.25) is 0 Å². The summed E-state index contributed by atoms with van der Waals surface area (Å²) < 4.78 is 4.82. The average molecular weight is 308 g/mol. The van der Waals surface area contributed by atoms with E-state index in [-0.39, 0.29) is 16.1 Å². The lowest BCUT2D eigenvalue weighted by molar-refractivity contribution is -0.384. The first-order valence-electron chi connectivity index (χ1n) is 6.99. The summed E-state index contributed by atoms with van der Waals surface area (Å²) in [5.74, 6) is -0.273. The van der Waals surface area contributed by atoms with Gasteiger partial charge in [-0.15, -0.1) is 0 Å². The highest BCUT2D eigenvalue weighted by atomic mass is 16.6. The second-order valence-electron chi connectivity index (χ2n) is 5.31. The van der Waals surface area contributed by atoms with E-state index in [4.69, 9.17) is 10.5 Å². The average Bonchev–Trinajstić information content (AvgIpc) is 2.96. The second kappa shape index (κ2) is 6.10. The van der Waals surface area contributed by atoms with Gasteiger partial charge in [-0.25, -0.2) is 14.1 Å². The topological polar surface area (TPSA) is 113 Å². The molecule has 0 spiro atoms. The maximum atomic E-state index is 12.7. The smallest absolute Gasteiger partial charge is 0.405 e. The summed E-state index contributed by atoms with van der Waals surface area (Å²) in [7, 11) is 0. The van der Waals surface area contributed by atoms with E-state index < -0.39 is 17.1 Å². The molecule has 1 aromatic carbocycles. The van der Waals surface area contributed by atoms with Crippen LogP contribution in [0.3, 0.4) is 0 Å². The number of rotatable bonds is 4. The lowest BCUT2D eigenvalue weighted by Crippen LogP contribution is -2.56. The summed E-state index contributed by atoms with van der Waals surface area (Å²) in [6.45, 7) is 2.63. The van der Waals surface area contributed by atoms with Crippen molar-refractivity contribution in [2.24, 2.45) is 5.73 Å². The Morgan fingerprint density at radius 1 is 1.27 bits per heavy atom. The third-order valence-electron chi connectivity index (χ3n) is 3.95. The van der Waals surface area contributed by atoms with Crippen LogP contribution in [0.5, 0.6) is 0 Å². The fraction of sp³-hybridized carbons (Fsp3) is 0.429. The van der Waals surface area contributed by atoms with Crippen molar-refractivity contribution < 1.29 is 19.2 Å². The molecular formula is C14H18N3O5+. The second-order valence-corrected chi connectivity index (χ2v) is 5.31. The van der Waals surface area contributed by atoms with Gasteiger partial charge in [0, 0.05) is 37.1 Å². The van der Waals surface area contributed by atoms with Gasteiger partial charge in [-0.1, -0.05) is 0 Å². The molecule has 2 amide bonds. The first-order valence-corrected chi connectivity index (χ1v) is 6.99. The van der Waals surface area contributed by atoms with Crippen LogP contribution in [0, 0.1) is 10.1 Å². The third kappa shape index (κ3) is 2.91. The number of hydrogen-bond donors (Lipinski definition) is 1. The van der Waals surface area contributed by atoms with Crippen molar-refractivity contribution in [2.75, 3.05) is 13.1 Å². The predicted molar refractivity (Wildman–Crippen MR) is 79.0 cm³/mol. The summed E-state index contributed by atoms with van der Waals surface area (Å²) in [5.41, 5.74) is 5.60. The van der Waals surface area contributed by atoms with Crippen molar-refractivity contribution >= 4 is 23.4 Å². The number of carbonyl (C=O) groups is 2. The van der Waals surface area contributed by atoms with Crippen molar-refractivity contribution in [3.8, 4) is 0 Å². The fourth-order valence-corrected chi connectivity index (χ4v) is 2.91. The molecule has 1 aromatic rings. The Hall–Kier alpha value is -2.48. The molecule has 1 aliphatic heterocycles. The Morgan fingerprint density at radius 3 is 2.27 bits per heavy atom. The molecular weight excluding hydrogens is 290 g/mol. The molecule has 0 radical (unpaired) electrons. The van der Waals surface area contributed by atoms with Crippen molar-refractivity contribution in [1.82, 2.24) is 4.48 Å². The van der Waals surface area contributed by atoms with Crippen molar-refractivity contribution in [3.63, 3.8) is 0 Å². The fourth-order valence-electron chi connectivity index (χ4n) is 2.91. The zero-order valence-electron chi connectivity index (χ0n) is 12.2. The molecule has 1 saturated heterocycles. The largest absolute Gasteiger partial charge is 0.432 e. The molecule has 0 bridgehead atoms. The van der Waals surface area contributed by atoms with Crippen LogP contribution in [-0.2, 0) is 9.53 Å². The van der Waals surface area contributed by atoms with Gasteiger partial charge in [0.15, 0.2) is 0 Å². The Bertz CT molecular complexity index is 593. The van der Waals surface area contributed by atoms with Gasteiger partial charge in [0.2, 0.25) is 6.10 Å². The molecule has 0 aromatic heterocycles. The number of likely N-dealkylation sites (tertiary alicyclic amines) is 1. The molecule has 22 heavy (non-hydrogen) atoms. The summed E-state index contributed by atoms with van der Waals surface area (Å²) in [4.78, 5) is 33.8. The van der Waals surface area contributed by atoms with E-state index in [1.54, 1.807) is 12.1 Å². The molecule has 8 nitrogen and oxygen atoms in total. The first-order chi connectivity index (χ1) is 10.4. The Balaban J connectivity index is 2.33. The maximum Gasteiger partial charge on any atom is 0.405 e. The monoisotopic (exact) mass is 308 g/mol. The van der Waals surface area contributed by atoms with Gasteiger partial charge in [-0.3, -0.25) is 10.1 Å². The van der Waals surface area contributed by atoms with Crippen LogP contribution in [0.25, 0.3) is 0 Å². The van der Waals surface area contributed by atoms with Gasteiger partial charge < -0.3 is 10.5 Å². The standard InChI is InChI=1S/C14H17N3O5/c1-10(22-14(15)19)13(18)17(8-2-3-9-17)12-6-4-11(5-7-12)16(20)21/h4-7,10H,2-3,8-9H2,1H3,(H-,15,19)/p+1. The van der Waals surface area contributed by atoms with Gasteiger partial charge in [0.1, 0.15) is 5.69 Å². The number of carbonyl (C=O) groups excluding carboxylic acids is 2. The van der Waals surface area contributed by atoms with Gasteiger partial charge in [0.05, 0.1) is 18.0 Å². The van der Waals surface area contributed by atoms with E-state index in [2.05, 4.69) is 0 Å².